The van der Waals surface area contributed by atoms with Gasteiger partial charge in [-0.25, -0.2) is 9.37 Å². The van der Waals surface area contributed by atoms with Crippen molar-refractivity contribution in [1.82, 2.24) is 9.55 Å². The fourth-order valence-electron chi connectivity index (χ4n) is 6.52. The van der Waals surface area contributed by atoms with Crippen molar-refractivity contribution < 1.29 is 9.18 Å². The highest BCUT2D eigenvalue weighted by molar-refractivity contribution is 5.89. The summed E-state index contributed by atoms with van der Waals surface area (Å²) in [4.78, 5) is 18.7. The largest absolute Gasteiger partial charge is 0.368 e. The van der Waals surface area contributed by atoms with Crippen molar-refractivity contribution >= 4 is 16.9 Å². The van der Waals surface area contributed by atoms with Gasteiger partial charge in [0.15, 0.2) is 0 Å². The van der Waals surface area contributed by atoms with Gasteiger partial charge in [-0.1, -0.05) is 62.8 Å². The number of benzene rings is 2. The summed E-state index contributed by atoms with van der Waals surface area (Å²) in [7, 11) is 0. The monoisotopic (exact) mass is 433 g/mol. The molecule has 32 heavy (non-hydrogen) atoms. The van der Waals surface area contributed by atoms with Gasteiger partial charge in [-0.3, -0.25) is 4.79 Å². The van der Waals surface area contributed by atoms with Gasteiger partial charge in [-0.2, -0.15) is 0 Å². The molecule has 2 aliphatic carbocycles. The van der Waals surface area contributed by atoms with Crippen LogP contribution in [-0.4, -0.2) is 15.5 Å². The fraction of sp³-hybridized carbons (Fsp3) is 0.481. The Hall–Kier alpha value is -2.69. The Morgan fingerprint density at radius 3 is 2.12 bits per heavy atom. The molecule has 5 rings (SSSR count). The number of hydrogen-bond donors (Lipinski definition) is 1. The average Bonchev–Trinajstić information content (AvgIpc) is 3.21. The minimum Gasteiger partial charge on any atom is -0.368 e. The van der Waals surface area contributed by atoms with E-state index in [4.69, 9.17) is 10.7 Å². The van der Waals surface area contributed by atoms with Crippen LogP contribution in [0.5, 0.6) is 0 Å². The second-order valence-electron chi connectivity index (χ2n) is 9.63. The predicted octanol–water partition coefficient (Wildman–Crippen LogP) is 6.18. The van der Waals surface area contributed by atoms with Crippen molar-refractivity contribution in [2.24, 2.45) is 17.6 Å². The van der Waals surface area contributed by atoms with Gasteiger partial charge in [-0.15, -0.1) is 0 Å². The van der Waals surface area contributed by atoms with Crippen LogP contribution in [0.15, 0.2) is 48.5 Å². The number of aromatic nitrogens is 2. The molecule has 1 heterocycles. The number of rotatable bonds is 5. The highest BCUT2D eigenvalue weighted by atomic mass is 19.1. The van der Waals surface area contributed by atoms with Crippen LogP contribution in [0.25, 0.3) is 22.4 Å². The fourth-order valence-corrected chi connectivity index (χ4v) is 6.52. The number of carbonyl (C=O) groups excluding carboxylic acids is 1. The molecule has 3 aromatic rings. The van der Waals surface area contributed by atoms with Crippen LogP contribution in [0.2, 0.25) is 0 Å². The van der Waals surface area contributed by atoms with Crippen LogP contribution in [-0.2, 0) is 10.3 Å². The number of nitrogens with two attached hydrogens (primary N) is 1. The Balaban J connectivity index is 1.83. The van der Waals surface area contributed by atoms with Gasteiger partial charge in [0.25, 0.3) is 0 Å². The van der Waals surface area contributed by atoms with Crippen molar-refractivity contribution in [2.75, 3.05) is 0 Å². The number of halogens is 1. The van der Waals surface area contributed by atoms with E-state index < -0.39 is 5.54 Å². The lowest BCUT2D eigenvalue weighted by Gasteiger charge is -2.48. The Labute approximate surface area is 189 Å². The van der Waals surface area contributed by atoms with Gasteiger partial charge >= 0.3 is 0 Å². The van der Waals surface area contributed by atoms with Crippen LogP contribution in [0.1, 0.15) is 64.2 Å². The highest BCUT2D eigenvalue weighted by Crippen LogP contribution is 2.50. The molecule has 2 saturated carbocycles. The molecule has 168 valence electrons. The molecule has 2 N–H and O–H groups in total. The first-order chi connectivity index (χ1) is 15.6. The number of fused-ring (bicyclic) bond motifs is 1. The van der Waals surface area contributed by atoms with E-state index >= 15 is 0 Å². The number of primary amides is 1. The quantitative estimate of drug-likeness (QED) is 0.522. The molecular weight excluding hydrogens is 401 g/mol. The molecule has 2 aliphatic rings. The molecule has 2 aromatic carbocycles. The predicted molar refractivity (Wildman–Crippen MR) is 125 cm³/mol. The number of imidazole rings is 1. The molecule has 0 aliphatic heterocycles. The molecule has 0 unspecified atom stereocenters. The molecule has 5 heteroatoms. The lowest BCUT2D eigenvalue weighted by Crippen LogP contribution is -2.58. The normalized spacial score (nSPS) is 18.8. The smallest absolute Gasteiger partial charge is 0.244 e. The van der Waals surface area contributed by atoms with Gasteiger partial charge in [0.1, 0.15) is 17.2 Å². The van der Waals surface area contributed by atoms with Crippen LogP contribution >= 0.6 is 0 Å². The van der Waals surface area contributed by atoms with Crippen LogP contribution in [0, 0.1) is 17.7 Å². The van der Waals surface area contributed by atoms with E-state index in [1.807, 2.05) is 30.3 Å². The third-order valence-corrected chi connectivity index (χ3v) is 7.86. The number of hydrogen-bond acceptors (Lipinski definition) is 2. The van der Waals surface area contributed by atoms with E-state index in [0.29, 0.717) is 11.4 Å². The topological polar surface area (TPSA) is 60.9 Å². The van der Waals surface area contributed by atoms with Crippen LogP contribution in [0.3, 0.4) is 0 Å². The van der Waals surface area contributed by atoms with Crippen molar-refractivity contribution in [3.63, 3.8) is 0 Å². The average molecular weight is 434 g/mol. The Morgan fingerprint density at radius 2 is 1.53 bits per heavy atom. The van der Waals surface area contributed by atoms with Crippen molar-refractivity contribution in [2.45, 2.75) is 69.7 Å². The van der Waals surface area contributed by atoms with E-state index in [0.717, 1.165) is 62.4 Å². The molecule has 1 aromatic heterocycles. The minimum atomic E-state index is -0.849. The zero-order valence-electron chi connectivity index (χ0n) is 18.6. The first-order valence-electron chi connectivity index (χ1n) is 12.2. The van der Waals surface area contributed by atoms with Gasteiger partial charge < -0.3 is 10.3 Å². The zero-order chi connectivity index (χ0) is 22.1. The Bertz CT molecular complexity index is 1090. The second-order valence-corrected chi connectivity index (χ2v) is 9.63. The van der Waals surface area contributed by atoms with Gasteiger partial charge in [0.2, 0.25) is 5.91 Å². The molecule has 0 atom stereocenters. The lowest BCUT2D eigenvalue weighted by atomic mass is 9.63. The summed E-state index contributed by atoms with van der Waals surface area (Å²) in [6.45, 7) is 0. The van der Waals surface area contributed by atoms with E-state index in [2.05, 4.69) is 4.57 Å². The SMILES string of the molecule is NC(=O)C(C1CCCCC1)(C1CCCCC1)n1c(-c2cccc(F)c2)nc2ccccc21. The summed E-state index contributed by atoms with van der Waals surface area (Å²) in [5, 5.41) is 0. The van der Waals surface area contributed by atoms with Gasteiger partial charge in [0.05, 0.1) is 11.0 Å². The van der Waals surface area contributed by atoms with Gasteiger partial charge in [0, 0.05) is 5.56 Å². The molecule has 0 radical (unpaired) electrons. The molecule has 0 saturated heterocycles. The van der Waals surface area contributed by atoms with E-state index in [-0.39, 0.29) is 23.6 Å². The molecule has 0 spiro atoms. The van der Waals surface area contributed by atoms with Crippen LogP contribution < -0.4 is 5.73 Å². The highest BCUT2D eigenvalue weighted by Gasteiger charge is 2.53. The summed E-state index contributed by atoms with van der Waals surface area (Å²) < 4.78 is 16.4. The van der Waals surface area contributed by atoms with Crippen LogP contribution in [0.4, 0.5) is 4.39 Å². The summed E-state index contributed by atoms with van der Waals surface area (Å²) in [5.41, 5.74) is 8.02. The number of para-hydroxylation sites is 2. The molecular formula is C27H32FN3O. The Kier molecular flexibility index (Phi) is 5.75. The summed E-state index contributed by atoms with van der Waals surface area (Å²) in [6, 6.07) is 14.5. The van der Waals surface area contributed by atoms with Crippen molar-refractivity contribution in [3.8, 4) is 11.4 Å². The first kappa shape index (κ1) is 21.2. The number of amides is 1. The Morgan fingerprint density at radius 1 is 0.906 bits per heavy atom. The summed E-state index contributed by atoms with van der Waals surface area (Å²) in [6.07, 6.45) is 10.9. The maximum Gasteiger partial charge on any atom is 0.244 e. The standard InChI is InChI=1S/C27H32FN3O/c28-22-15-9-10-19(18-22)25-30-23-16-7-8-17-24(23)31(25)27(26(29)32,20-11-3-1-4-12-20)21-13-5-2-6-14-21/h7-10,15-18,20-21H,1-6,11-14H2,(H2,29,32). The van der Waals surface area contributed by atoms with E-state index in [1.165, 1.54) is 25.0 Å². The third-order valence-electron chi connectivity index (χ3n) is 7.86. The van der Waals surface area contributed by atoms with Crippen molar-refractivity contribution in [1.29, 1.82) is 0 Å². The number of nitrogens with zero attached hydrogens (tertiary/aromatic N) is 2. The summed E-state index contributed by atoms with van der Waals surface area (Å²) >= 11 is 0. The molecule has 2 fully saturated rings. The third kappa shape index (κ3) is 3.42. The van der Waals surface area contributed by atoms with Gasteiger partial charge in [-0.05, 0) is 61.8 Å². The zero-order valence-corrected chi connectivity index (χ0v) is 18.6. The van der Waals surface area contributed by atoms with E-state index in [1.54, 1.807) is 6.07 Å². The maximum atomic E-state index is 14.3. The van der Waals surface area contributed by atoms with Crippen molar-refractivity contribution in [3.05, 3.63) is 54.3 Å². The molecule has 0 bridgehead atoms. The summed E-state index contributed by atoms with van der Waals surface area (Å²) in [5.74, 6) is 0.433. The molecule has 4 nitrogen and oxygen atoms in total. The second kappa shape index (κ2) is 8.68. The van der Waals surface area contributed by atoms with E-state index in [9.17, 15) is 9.18 Å². The molecule has 1 amide bonds. The first-order valence-corrected chi connectivity index (χ1v) is 12.2. The minimum absolute atomic E-state index is 0.168. The maximum absolute atomic E-state index is 14.3. The number of carbonyl (C=O) groups is 1. The lowest BCUT2D eigenvalue weighted by molar-refractivity contribution is -0.135.